The van der Waals surface area contributed by atoms with Crippen LogP contribution in [0.2, 0.25) is 0 Å². The second-order valence-electron chi connectivity index (χ2n) is 4.43. The predicted molar refractivity (Wildman–Crippen MR) is 74.5 cm³/mol. The van der Waals surface area contributed by atoms with Crippen molar-refractivity contribution in [1.82, 2.24) is 9.78 Å². The van der Waals surface area contributed by atoms with E-state index in [0.717, 1.165) is 11.4 Å². The number of methoxy groups -OCH3 is 1. The van der Waals surface area contributed by atoms with E-state index in [1.165, 1.54) is 7.11 Å². The van der Waals surface area contributed by atoms with Crippen LogP contribution in [0.3, 0.4) is 0 Å². The number of esters is 1. The van der Waals surface area contributed by atoms with Gasteiger partial charge in [-0.3, -0.25) is 4.68 Å². The molecule has 0 amide bonds. The number of nitrogen functional groups attached to an aromatic ring is 1. The van der Waals surface area contributed by atoms with E-state index in [4.69, 9.17) is 15.2 Å². The Balaban J connectivity index is 2.10. The number of carbonyl (C=O) groups excluding carboxylic acids is 1. The summed E-state index contributed by atoms with van der Waals surface area (Å²) in [6.07, 6.45) is 0. The topological polar surface area (TPSA) is 79.4 Å². The number of anilines is 1. The smallest absolute Gasteiger partial charge is 0.340 e. The molecule has 1 aromatic carbocycles. The van der Waals surface area contributed by atoms with E-state index < -0.39 is 5.97 Å². The van der Waals surface area contributed by atoms with Gasteiger partial charge in [0.1, 0.15) is 12.4 Å². The summed E-state index contributed by atoms with van der Waals surface area (Å²) in [4.78, 5) is 12.0. The molecular formula is C14H17N3O3. The van der Waals surface area contributed by atoms with Gasteiger partial charge in [-0.15, -0.1) is 0 Å². The quantitative estimate of drug-likeness (QED) is 0.678. The highest BCUT2D eigenvalue weighted by Gasteiger charge is 2.14. The van der Waals surface area contributed by atoms with Crippen molar-refractivity contribution in [3.63, 3.8) is 0 Å². The predicted octanol–water partition coefficient (Wildman–Crippen LogP) is 1.68. The molecule has 0 spiro atoms. The second-order valence-corrected chi connectivity index (χ2v) is 4.43. The van der Waals surface area contributed by atoms with E-state index in [9.17, 15) is 4.79 Å². The molecule has 0 saturated heterocycles. The third-order valence-corrected chi connectivity index (χ3v) is 2.93. The Hall–Kier alpha value is -2.50. The zero-order valence-corrected chi connectivity index (χ0v) is 11.7. The van der Waals surface area contributed by atoms with Crippen molar-refractivity contribution >= 4 is 11.7 Å². The molecule has 20 heavy (non-hydrogen) atoms. The zero-order chi connectivity index (χ0) is 14.7. The number of hydrogen-bond donors (Lipinski definition) is 1. The van der Waals surface area contributed by atoms with Gasteiger partial charge in [0.2, 0.25) is 0 Å². The average Bonchev–Trinajstić information content (AvgIpc) is 2.75. The number of carbonyl (C=O) groups is 1. The molecule has 0 atom stereocenters. The molecule has 2 rings (SSSR count). The van der Waals surface area contributed by atoms with Gasteiger partial charge < -0.3 is 15.2 Å². The number of benzene rings is 1. The molecular weight excluding hydrogens is 258 g/mol. The van der Waals surface area contributed by atoms with Crippen LogP contribution in [-0.4, -0.2) is 22.9 Å². The Morgan fingerprint density at radius 1 is 1.40 bits per heavy atom. The van der Waals surface area contributed by atoms with Gasteiger partial charge in [0, 0.05) is 12.7 Å². The summed E-state index contributed by atoms with van der Waals surface area (Å²) in [6, 6.07) is 6.73. The van der Waals surface area contributed by atoms with Gasteiger partial charge in [-0.05, 0) is 31.2 Å². The summed E-state index contributed by atoms with van der Waals surface area (Å²) in [6.45, 7) is 2.03. The minimum absolute atomic E-state index is 0.146. The molecule has 1 heterocycles. The van der Waals surface area contributed by atoms with Gasteiger partial charge in [-0.2, -0.15) is 5.10 Å². The van der Waals surface area contributed by atoms with E-state index in [2.05, 4.69) is 5.10 Å². The fourth-order valence-electron chi connectivity index (χ4n) is 1.86. The van der Waals surface area contributed by atoms with Crippen molar-refractivity contribution in [1.29, 1.82) is 0 Å². The van der Waals surface area contributed by atoms with Gasteiger partial charge in [-0.1, -0.05) is 0 Å². The maximum absolute atomic E-state index is 12.0. The minimum atomic E-state index is -0.486. The van der Waals surface area contributed by atoms with Crippen LogP contribution in [0.4, 0.5) is 5.69 Å². The van der Waals surface area contributed by atoms with Crippen LogP contribution in [0.5, 0.6) is 5.75 Å². The molecule has 6 nitrogen and oxygen atoms in total. The van der Waals surface area contributed by atoms with Crippen LogP contribution in [0, 0.1) is 6.92 Å². The number of rotatable bonds is 4. The van der Waals surface area contributed by atoms with E-state index in [1.807, 2.05) is 13.0 Å². The molecule has 0 bridgehead atoms. The first-order chi connectivity index (χ1) is 9.51. The molecule has 2 N–H and O–H groups in total. The molecule has 0 aliphatic carbocycles. The zero-order valence-electron chi connectivity index (χ0n) is 11.7. The molecule has 0 aliphatic rings. The molecule has 106 valence electrons. The third kappa shape index (κ3) is 2.90. The molecule has 6 heteroatoms. The van der Waals surface area contributed by atoms with Gasteiger partial charge in [0.25, 0.3) is 0 Å². The number of aryl methyl sites for hydroxylation is 2. The highest BCUT2D eigenvalue weighted by Crippen LogP contribution is 2.20. The van der Waals surface area contributed by atoms with Crippen molar-refractivity contribution in [2.24, 2.45) is 7.05 Å². The van der Waals surface area contributed by atoms with Crippen LogP contribution in [0.1, 0.15) is 21.7 Å². The molecule has 1 aromatic heterocycles. The first-order valence-corrected chi connectivity index (χ1v) is 6.11. The minimum Gasteiger partial charge on any atom is -0.497 e. The molecule has 0 saturated carbocycles. The highest BCUT2D eigenvalue weighted by atomic mass is 16.5. The highest BCUT2D eigenvalue weighted by molar-refractivity contribution is 5.95. The second kappa shape index (κ2) is 5.64. The number of nitrogens with zero attached hydrogens (tertiary/aromatic N) is 2. The summed E-state index contributed by atoms with van der Waals surface area (Å²) in [5.74, 6) is 0.0720. The van der Waals surface area contributed by atoms with Crippen LogP contribution >= 0.6 is 0 Å². The van der Waals surface area contributed by atoms with Crippen molar-refractivity contribution in [2.45, 2.75) is 13.5 Å². The van der Waals surface area contributed by atoms with E-state index in [0.29, 0.717) is 17.0 Å². The molecule has 2 aromatic rings. The number of ether oxygens (including phenoxy) is 2. The first-order valence-electron chi connectivity index (χ1n) is 6.11. The van der Waals surface area contributed by atoms with E-state index in [-0.39, 0.29) is 6.61 Å². The van der Waals surface area contributed by atoms with Gasteiger partial charge in [0.05, 0.1) is 24.1 Å². The largest absolute Gasteiger partial charge is 0.497 e. The van der Waals surface area contributed by atoms with Crippen molar-refractivity contribution in [3.05, 3.63) is 41.2 Å². The summed E-state index contributed by atoms with van der Waals surface area (Å²) in [5, 5.41) is 4.19. The van der Waals surface area contributed by atoms with Crippen LogP contribution in [-0.2, 0) is 18.4 Å². The Labute approximate surface area is 117 Å². The Morgan fingerprint density at radius 2 is 2.15 bits per heavy atom. The van der Waals surface area contributed by atoms with Crippen LogP contribution in [0.15, 0.2) is 24.3 Å². The normalized spacial score (nSPS) is 10.3. The average molecular weight is 275 g/mol. The Kier molecular flexibility index (Phi) is 3.93. The molecule has 0 unspecified atom stereocenters. The molecule has 0 radical (unpaired) electrons. The lowest BCUT2D eigenvalue weighted by Crippen LogP contribution is -2.10. The van der Waals surface area contributed by atoms with Crippen molar-refractivity contribution in [2.75, 3.05) is 12.8 Å². The third-order valence-electron chi connectivity index (χ3n) is 2.93. The number of aromatic nitrogens is 2. The SMILES string of the molecule is COc1ccc(N)c(C(=O)OCc2cc(C)nn2C)c1. The van der Waals surface area contributed by atoms with Crippen LogP contribution < -0.4 is 10.5 Å². The first kappa shape index (κ1) is 13.9. The number of hydrogen-bond acceptors (Lipinski definition) is 5. The molecule has 0 fully saturated rings. The summed E-state index contributed by atoms with van der Waals surface area (Å²) >= 11 is 0. The van der Waals surface area contributed by atoms with Gasteiger partial charge in [-0.25, -0.2) is 4.79 Å². The lowest BCUT2D eigenvalue weighted by Gasteiger charge is -2.08. The Bertz CT molecular complexity index is 635. The van der Waals surface area contributed by atoms with E-state index in [1.54, 1.807) is 29.9 Å². The van der Waals surface area contributed by atoms with Crippen molar-refractivity contribution < 1.29 is 14.3 Å². The standard InChI is InChI=1S/C14H17N3O3/c1-9-6-10(17(2)16-9)8-20-14(18)12-7-11(19-3)4-5-13(12)15/h4-7H,8,15H2,1-3H3. The van der Waals surface area contributed by atoms with Crippen LogP contribution in [0.25, 0.3) is 0 Å². The summed E-state index contributed by atoms with van der Waals surface area (Å²) < 4.78 is 12.0. The maximum atomic E-state index is 12.0. The van der Waals surface area contributed by atoms with Gasteiger partial charge >= 0.3 is 5.97 Å². The lowest BCUT2D eigenvalue weighted by atomic mass is 10.2. The summed E-state index contributed by atoms with van der Waals surface area (Å²) in [7, 11) is 3.33. The monoisotopic (exact) mass is 275 g/mol. The fraction of sp³-hybridized carbons (Fsp3) is 0.286. The van der Waals surface area contributed by atoms with Gasteiger partial charge in [0.15, 0.2) is 0 Å². The van der Waals surface area contributed by atoms with E-state index >= 15 is 0 Å². The Morgan fingerprint density at radius 3 is 2.75 bits per heavy atom. The number of nitrogens with two attached hydrogens (primary N) is 1. The fourth-order valence-corrected chi connectivity index (χ4v) is 1.86. The maximum Gasteiger partial charge on any atom is 0.340 e. The molecule has 0 aliphatic heterocycles. The van der Waals surface area contributed by atoms with Crippen molar-refractivity contribution in [3.8, 4) is 5.75 Å². The lowest BCUT2D eigenvalue weighted by molar-refractivity contribution is 0.0464. The summed E-state index contributed by atoms with van der Waals surface area (Å²) in [5.41, 5.74) is 8.12.